The Bertz CT molecular complexity index is 598. The number of rotatable bonds is 10. The highest BCUT2D eigenvalue weighted by molar-refractivity contribution is 5.79. The molecule has 2 rings (SSSR count). The summed E-state index contributed by atoms with van der Waals surface area (Å²) in [6.45, 7) is 9.43. The lowest BCUT2D eigenvalue weighted by molar-refractivity contribution is 0.0203. The molecule has 6 heteroatoms. The van der Waals surface area contributed by atoms with E-state index in [9.17, 15) is 0 Å². The molecule has 0 saturated carbocycles. The van der Waals surface area contributed by atoms with Gasteiger partial charge in [0.15, 0.2) is 5.96 Å². The summed E-state index contributed by atoms with van der Waals surface area (Å²) in [5.74, 6) is 2.37. The molecule has 0 radical (unpaired) electrons. The zero-order chi connectivity index (χ0) is 20.2. The molecule has 1 fully saturated rings. The highest BCUT2D eigenvalue weighted by atomic mass is 16.5. The normalized spacial score (nSPS) is 16.1. The molecule has 0 atom stereocenters. The van der Waals surface area contributed by atoms with Crippen molar-refractivity contribution in [2.45, 2.75) is 38.5 Å². The number of methoxy groups -OCH3 is 1. The van der Waals surface area contributed by atoms with E-state index in [4.69, 9.17) is 14.2 Å². The molecule has 0 spiro atoms. The largest absolute Gasteiger partial charge is 0.497 e. The fourth-order valence-electron chi connectivity index (χ4n) is 3.22. The molecule has 1 aliphatic heterocycles. The number of guanidine groups is 1. The summed E-state index contributed by atoms with van der Waals surface area (Å²) >= 11 is 0. The third kappa shape index (κ3) is 7.68. The lowest BCUT2D eigenvalue weighted by atomic mass is 9.84. The Labute approximate surface area is 170 Å². The predicted molar refractivity (Wildman–Crippen MR) is 114 cm³/mol. The Morgan fingerprint density at radius 1 is 1.25 bits per heavy atom. The van der Waals surface area contributed by atoms with Crippen molar-refractivity contribution in [3.63, 3.8) is 0 Å². The van der Waals surface area contributed by atoms with Crippen molar-refractivity contribution in [2.75, 3.05) is 53.7 Å². The van der Waals surface area contributed by atoms with Gasteiger partial charge in [-0.1, -0.05) is 26.0 Å². The molecule has 0 aliphatic carbocycles. The molecule has 28 heavy (non-hydrogen) atoms. The molecular formula is C22H37N3O3. The van der Waals surface area contributed by atoms with Crippen LogP contribution in [0.3, 0.4) is 0 Å². The van der Waals surface area contributed by atoms with Gasteiger partial charge in [-0.05, 0) is 42.9 Å². The monoisotopic (exact) mass is 391 g/mol. The van der Waals surface area contributed by atoms with Crippen molar-refractivity contribution in [3.05, 3.63) is 29.8 Å². The summed E-state index contributed by atoms with van der Waals surface area (Å²) in [7, 11) is 3.50. The smallest absolute Gasteiger partial charge is 0.191 e. The highest BCUT2D eigenvalue weighted by Crippen LogP contribution is 2.25. The Hall–Kier alpha value is -1.79. The summed E-state index contributed by atoms with van der Waals surface area (Å²) in [6, 6.07) is 8.23. The summed E-state index contributed by atoms with van der Waals surface area (Å²) in [4.78, 5) is 4.32. The van der Waals surface area contributed by atoms with Crippen molar-refractivity contribution in [3.8, 4) is 5.75 Å². The van der Waals surface area contributed by atoms with Crippen molar-refractivity contribution in [1.29, 1.82) is 0 Å². The van der Waals surface area contributed by atoms with E-state index in [1.54, 1.807) is 14.2 Å². The Morgan fingerprint density at radius 2 is 2.04 bits per heavy atom. The summed E-state index contributed by atoms with van der Waals surface area (Å²) < 4.78 is 16.5. The van der Waals surface area contributed by atoms with E-state index in [-0.39, 0.29) is 5.41 Å². The van der Waals surface area contributed by atoms with Crippen LogP contribution in [0, 0.1) is 5.92 Å². The summed E-state index contributed by atoms with van der Waals surface area (Å²) in [5.41, 5.74) is 1.19. The van der Waals surface area contributed by atoms with E-state index < -0.39 is 0 Å². The molecule has 0 bridgehead atoms. The first-order valence-electron chi connectivity index (χ1n) is 10.3. The lowest BCUT2D eigenvalue weighted by Gasteiger charge is -2.27. The first-order chi connectivity index (χ1) is 13.5. The van der Waals surface area contributed by atoms with Gasteiger partial charge in [-0.15, -0.1) is 0 Å². The second-order valence-electron chi connectivity index (χ2n) is 7.95. The molecule has 1 aliphatic rings. The van der Waals surface area contributed by atoms with Crippen LogP contribution in [0.1, 0.15) is 38.7 Å². The molecule has 0 unspecified atom stereocenters. The maximum absolute atomic E-state index is 5.81. The van der Waals surface area contributed by atoms with Crippen molar-refractivity contribution in [2.24, 2.45) is 10.9 Å². The fourth-order valence-corrected chi connectivity index (χ4v) is 3.22. The third-order valence-corrected chi connectivity index (χ3v) is 5.22. The van der Waals surface area contributed by atoms with Crippen LogP contribution < -0.4 is 15.4 Å². The second kappa shape index (κ2) is 11.9. The first-order valence-corrected chi connectivity index (χ1v) is 10.3. The van der Waals surface area contributed by atoms with Crippen LogP contribution in [-0.4, -0.2) is 59.6 Å². The van der Waals surface area contributed by atoms with E-state index in [1.807, 2.05) is 12.1 Å². The Balaban J connectivity index is 1.64. The van der Waals surface area contributed by atoms with Crippen molar-refractivity contribution >= 4 is 5.96 Å². The molecule has 0 amide bonds. The molecular weight excluding hydrogens is 354 g/mol. The van der Waals surface area contributed by atoms with Gasteiger partial charge in [0.05, 0.1) is 7.11 Å². The number of benzene rings is 1. The molecule has 6 nitrogen and oxygen atoms in total. The molecule has 1 heterocycles. The number of hydrogen-bond donors (Lipinski definition) is 2. The highest BCUT2D eigenvalue weighted by Gasteiger charge is 2.21. The summed E-state index contributed by atoms with van der Waals surface area (Å²) in [5, 5.41) is 6.80. The van der Waals surface area contributed by atoms with E-state index >= 15 is 0 Å². The average Bonchev–Trinajstić information content (AvgIpc) is 2.73. The maximum atomic E-state index is 5.81. The Kier molecular flexibility index (Phi) is 9.58. The van der Waals surface area contributed by atoms with Gasteiger partial charge in [0.2, 0.25) is 0 Å². The average molecular weight is 392 g/mol. The third-order valence-electron chi connectivity index (χ3n) is 5.22. The SMILES string of the molecule is CN=C(NCCCOCC1CCOCC1)NCC(C)(C)c1cccc(OC)c1. The number of ether oxygens (including phenoxy) is 3. The minimum absolute atomic E-state index is 0.0427. The van der Waals surface area contributed by atoms with E-state index in [2.05, 4.69) is 41.6 Å². The van der Waals surface area contributed by atoms with Gasteiger partial charge < -0.3 is 24.8 Å². The van der Waals surface area contributed by atoms with Crippen LogP contribution >= 0.6 is 0 Å². The fraction of sp³-hybridized carbons (Fsp3) is 0.682. The second-order valence-corrected chi connectivity index (χ2v) is 7.95. The number of aliphatic imine (C=N–C) groups is 1. The minimum Gasteiger partial charge on any atom is -0.497 e. The standard InChI is InChI=1S/C22H37N3O3/c1-22(2,19-7-5-8-20(15-19)26-4)17-25-21(23-3)24-11-6-12-28-16-18-9-13-27-14-10-18/h5,7-8,15,18H,6,9-14,16-17H2,1-4H3,(H2,23,24,25). The maximum Gasteiger partial charge on any atom is 0.191 e. The van der Waals surface area contributed by atoms with Crippen molar-refractivity contribution < 1.29 is 14.2 Å². The number of hydrogen-bond acceptors (Lipinski definition) is 4. The molecule has 2 N–H and O–H groups in total. The topological polar surface area (TPSA) is 64.1 Å². The van der Waals surface area contributed by atoms with Crippen LogP contribution in [-0.2, 0) is 14.9 Å². The molecule has 1 aromatic carbocycles. The quantitative estimate of drug-likeness (QED) is 0.365. The van der Waals surface area contributed by atoms with E-state index in [0.29, 0.717) is 5.92 Å². The van der Waals surface area contributed by atoms with Crippen LogP contribution in [0.25, 0.3) is 0 Å². The van der Waals surface area contributed by atoms with E-state index in [1.165, 1.54) is 5.56 Å². The number of nitrogens with zero attached hydrogens (tertiary/aromatic N) is 1. The molecule has 1 saturated heterocycles. The van der Waals surface area contributed by atoms with Crippen LogP contribution in [0.5, 0.6) is 5.75 Å². The zero-order valence-electron chi connectivity index (χ0n) is 17.9. The van der Waals surface area contributed by atoms with Gasteiger partial charge in [-0.2, -0.15) is 0 Å². The first kappa shape index (κ1) is 22.5. The van der Waals surface area contributed by atoms with Crippen LogP contribution in [0.4, 0.5) is 0 Å². The van der Waals surface area contributed by atoms with E-state index in [0.717, 1.165) is 70.5 Å². The Morgan fingerprint density at radius 3 is 2.75 bits per heavy atom. The van der Waals surface area contributed by atoms with Crippen LogP contribution in [0.15, 0.2) is 29.3 Å². The van der Waals surface area contributed by atoms with Crippen LogP contribution in [0.2, 0.25) is 0 Å². The zero-order valence-corrected chi connectivity index (χ0v) is 17.9. The minimum atomic E-state index is -0.0427. The lowest BCUT2D eigenvalue weighted by Crippen LogP contribution is -2.43. The predicted octanol–water partition coefficient (Wildman–Crippen LogP) is 2.97. The van der Waals surface area contributed by atoms with Gasteiger partial charge in [-0.25, -0.2) is 0 Å². The molecule has 158 valence electrons. The van der Waals surface area contributed by atoms with Gasteiger partial charge >= 0.3 is 0 Å². The molecule has 1 aromatic rings. The van der Waals surface area contributed by atoms with Gasteiger partial charge in [0.25, 0.3) is 0 Å². The van der Waals surface area contributed by atoms with Gasteiger partial charge in [0, 0.05) is 52.0 Å². The van der Waals surface area contributed by atoms with Gasteiger partial charge in [0.1, 0.15) is 5.75 Å². The summed E-state index contributed by atoms with van der Waals surface area (Å²) in [6.07, 6.45) is 3.21. The molecule has 0 aromatic heterocycles. The van der Waals surface area contributed by atoms with Crippen molar-refractivity contribution in [1.82, 2.24) is 10.6 Å². The number of nitrogens with one attached hydrogen (secondary N) is 2. The van der Waals surface area contributed by atoms with Gasteiger partial charge in [-0.3, -0.25) is 4.99 Å².